The molecule has 0 unspecified atom stereocenters. The van der Waals surface area contributed by atoms with E-state index >= 15 is 0 Å². The quantitative estimate of drug-likeness (QED) is 0.834. The second kappa shape index (κ2) is 7.59. The normalized spacial score (nSPS) is 19.9. The van der Waals surface area contributed by atoms with Gasteiger partial charge in [-0.3, -0.25) is 9.48 Å². The van der Waals surface area contributed by atoms with Gasteiger partial charge in [0.05, 0.1) is 12.1 Å². The molecule has 2 N–H and O–H groups in total. The number of carbonyl (C=O) groups is 1. The van der Waals surface area contributed by atoms with Gasteiger partial charge in [-0.1, -0.05) is 0 Å². The molecule has 6 nitrogen and oxygen atoms in total. The molecular weight excluding hydrogens is 361 g/mol. The molecule has 1 amide bonds. The van der Waals surface area contributed by atoms with Crippen LogP contribution in [0.25, 0.3) is 0 Å². The summed E-state index contributed by atoms with van der Waals surface area (Å²) in [4.78, 5) is 12.7. The van der Waals surface area contributed by atoms with E-state index in [-0.39, 0.29) is 23.5 Å². The molecule has 2 aromatic rings. The van der Waals surface area contributed by atoms with E-state index in [0.29, 0.717) is 24.3 Å². The predicted molar refractivity (Wildman–Crippen MR) is 93.7 cm³/mol. The Labute approximate surface area is 154 Å². The van der Waals surface area contributed by atoms with Crippen LogP contribution in [0.3, 0.4) is 0 Å². The van der Waals surface area contributed by atoms with E-state index < -0.39 is 12.8 Å². The fraction of sp³-hybridized carbons (Fsp3) is 0.444. The fourth-order valence-electron chi connectivity index (χ4n) is 3.22. The maximum Gasteiger partial charge on any atom is 0.422 e. The lowest BCUT2D eigenvalue weighted by atomic mass is 9.90. The van der Waals surface area contributed by atoms with Gasteiger partial charge in [0.25, 0.3) is 0 Å². The van der Waals surface area contributed by atoms with Crippen LogP contribution >= 0.6 is 0 Å². The molecule has 146 valence electrons. The van der Waals surface area contributed by atoms with Gasteiger partial charge < -0.3 is 15.4 Å². The molecule has 27 heavy (non-hydrogen) atoms. The van der Waals surface area contributed by atoms with E-state index in [9.17, 15) is 18.0 Å². The van der Waals surface area contributed by atoms with Crippen molar-refractivity contribution in [3.8, 4) is 5.75 Å². The first kappa shape index (κ1) is 19.2. The zero-order valence-electron chi connectivity index (χ0n) is 15.0. The van der Waals surface area contributed by atoms with Gasteiger partial charge in [0.15, 0.2) is 6.61 Å². The van der Waals surface area contributed by atoms with Gasteiger partial charge in [-0.25, -0.2) is 0 Å². The number of carbonyl (C=O) groups excluding carboxylic acids is 1. The molecule has 2 atom stereocenters. The molecule has 9 heteroatoms. The second-order valence-electron chi connectivity index (χ2n) is 6.69. The summed E-state index contributed by atoms with van der Waals surface area (Å²) in [5.74, 6) is -0.233. The number of rotatable bonds is 5. The molecule has 1 aromatic heterocycles. The van der Waals surface area contributed by atoms with Crippen molar-refractivity contribution >= 4 is 11.6 Å². The number of aromatic nitrogens is 2. The number of alkyl halides is 3. The summed E-state index contributed by atoms with van der Waals surface area (Å²) >= 11 is 0. The summed E-state index contributed by atoms with van der Waals surface area (Å²) in [6.07, 6.45) is -0.736. The lowest BCUT2D eigenvalue weighted by Crippen LogP contribution is -2.28. The minimum absolute atomic E-state index is 0.0224. The molecule has 2 heterocycles. The highest BCUT2D eigenvalue weighted by Gasteiger charge is 2.34. The summed E-state index contributed by atoms with van der Waals surface area (Å²) in [6.45, 7) is 1.53. The molecule has 1 saturated heterocycles. The van der Waals surface area contributed by atoms with E-state index in [1.54, 1.807) is 23.9 Å². The van der Waals surface area contributed by atoms with E-state index in [1.165, 1.54) is 12.1 Å². The number of halogens is 3. The number of aryl methyl sites for hydroxylation is 2. The van der Waals surface area contributed by atoms with Crippen molar-refractivity contribution in [1.29, 1.82) is 0 Å². The Balaban J connectivity index is 1.66. The van der Waals surface area contributed by atoms with Crippen molar-refractivity contribution in [2.45, 2.75) is 19.0 Å². The molecule has 0 bridgehead atoms. The van der Waals surface area contributed by atoms with Crippen LogP contribution in [0.1, 0.15) is 17.0 Å². The van der Waals surface area contributed by atoms with Crippen LogP contribution in [-0.2, 0) is 11.8 Å². The maximum absolute atomic E-state index is 12.7. The highest BCUT2D eigenvalue weighted by molar-refractivity contribution is 5.93. The van der Waals surface area contributed by atoms with Crippen molar-refractivity contribution in [3.63, 3.8) is 0 Å². The van der Waals surface area contributed by atoms with E-state index in [1.807, 2.05) is 13.2 Å². The SMILES string of the molecule is Cc1cc(NC(=O)[C@H]2CNC[C@@H]2c2cnn(C)c2)ccc1OCC(F)(F)F. The van der Waals surface area contributed by atoms with E-state index in [2.05, 4.69) is 15.7 Å². The number of amides is 1. The number of ether oxygens (including phenoxy) is 1. The number of nitrogens with zero attached hydrogens (tertiary/aromatic N) is 2. The fourth-order valence-corrected chi connectivity index (χ4v) is 3.22. The molecule has 0 spiro atoms. The molecule has 1 aromatic carbocycles. The first-order valence-electron chi connectivity index (χ1n) is 8.53. The Kier molecular flexibility index (Phi) is 5.41. The molecule has 1 aliphatic heterocycles. The van der Waals surface area contributed by atoms with Crippen LogP contribution in [-0.4, -0.2) is 41.6 Å². The molecule has 0 aliphatic carbocycles. The second-order valence-corrected chi connectivity index (χ2v) is 6.69. The summed E-state index contributed by atoms with van der Waals surface area (Å²) in [7, 11) is 1.83. The Morgan fingerprint density at radius 1 is 1.41 bits per heavy atom. The Bertz CT molecular complexity index is 819. The smallest absolute Gasteiger partial charge is 0.422 e. The van der Waals surface area contributed by atoms with Gasteiger partial charge >= 0.3 is 6.18 Å². The minimum atomic E-state index is -4.39. The van der Waals surface area contributed by atoms with Gasteiger partial charge in [-0.15, -0.1) is 0 Å². The van der Waals surface area contributed by atoms with Gasteiger partial charge in [0.2, 0.25) is 5.91 Å². The number of hydrogen-bond donors (Lipinski definition) is 2. The number of nitrogens with one attached hydrogen (secondary N) is 2. The number of anilines is 1. The van der Waals surface area contributed by atoms with Crippen molar-refractivity contribution < 1.29 is 22.7 Å². The molecule has 0 radical (unpaired) electrons. The first-order chi connectivity index (χ1) is 12.7. The standard InChI is InChI=1S/C18H21F3N4O2/c1-11-5-13(3-4-16(11)27-10-18(19,20)21)24-17(26)15-8-22-7-14(15)12-6-23-25(2)9-12/h3-6,9,14-15,22H,7-8,10H2,1-2H3,(H,24,26)/t14-,15+/m1/s1. The highest BCUT2D eigenvalue weighted by Crippen LogP contribution is 2.30. The zero-order valence-corrected chi connectivity index (χ0v) is 15.0. The summed E-state index contributed by atoms with van der Waals surface area (Å²) in [5, 5.41) is 10.2. The molecular formula is C18H21F3N4O2. The third-order valence-corrected chi connectivity index (χ3v) is 4.54. The zero-order chi connectivity index (χ0) is 19.6. The van der Waals surface area contributed by atoms with Crippen LogP contribution in [0, 0.1) is 12.8 Å². The maximum atomic E-state index is 12.7. The van der Waals surface area contributed by atoms with Crippen molar-refractivity contribution in [2.75, 3.05) is 25.0 Å². The summed E-state index contributed by atoms with van der Waals surface area (Å²) in [6, 6.07) is 4.57. The van der Waals surface area contributed by atoms with Crippen LogP contribution in [0.15, 0.2) is 30.6 Å². The largest absolute Gasteiger partial charge is 0.484 e. The average molecular weight is 382 g/mol. The predicted octanol–water partition coefficient (Wildman–Crippen LogP) is 2.61. The molecule has 1 fully saturated rings. The van der Waals surface area contributed by atoms with Crippen molar-refractivity contribution in [3.05, 3.63) is 41.7 Å². The van der Waals surface area contributed by atoms with Gasteiger partial charge in [-0.2, -0.15) is 18.3 Å². The monoisotopic (exact) mass is 382 g/mol. The van der Waals surface area contributed by atoms with Crippen molar-refractivity contribution in [2.24, 2.45) is 13.0 Å². The first-order valence-corrected chi connectivity index (χ1v) is 8.53. The summed E-state index contributed by atoms with van der Waals surface area (Å²) in [5.41, 5.74) is 2.04. The molecule has 3 rings (SSSR count). The van der Waals surface area contributed by atoms with Gasteiger partial charge in [0, 0.05) is 37.9 Å². The lowest BCUT2D eigenvalue weighted by molar-refractivity contribution is -0.153. The van der Waals surface area contributed by atoms with Crippen molar-refractivity contribution in [1.82, 2.24) is 15.1 Å². The lowest BCUT2D eigenvalue weighted by Gasteiger charge is -2.18. The third kappa shape index (κ3) is 4.79. The molecule has 1 aliphatic rings. The third-order valence-electron chi connectivity index (χ3n) is 4.54. The topological polar surface area (TPSA) is 68.2 Å². The number of benzene rings is 1. The number of hydrogen-bond acceptors (Lipinski definition) is 4. The minimum Gasteiger partial charge on any atom is -0.484 e. The Morgan fingerprint density at radius 3 is 2.81 bits per heavy atom. The van der Waals surface area contributed by atoms with Crippen LogP contribution < -0.4 is 15.4 Å². The van der Waals surface area contributed by atoms with E-state index in [4.69, 9.17) is 4.74 Å². The van der Waals surface area contributed by atoms with Crippen LogP contribution in [0.2, 0.25) is 0 Å². The Hall–Kier alpha value is -2.55. The summed E-state index contributed by atoms with van der Waals surface area (Å²) < 4.78 is 43.3. The van der Waals surface area contributed by atoms with Crippen LogP contribution in [0.4, 0.5) is 18.9 Å². The highest BCUT2D eigenvalue weighted by atomic mass is 19.4. The molecule has 0 saturated carbocycles. The van der Waals surface area contributed by atoms with Gasteiger partial charge in [-0.05, 0) is 36.2 Å². The van der Waals surface area contributed by atoms with Gasteiger partial charge in [0.1, 0.15) is 5.75 Å². The average Bonchev–Trinajstić information content (AvgIpc) is 3.21. The Morgan fingerprint density at radius 2 is 2.19 bits per heavy atom. The van der Waals surface area contributed by atoms with Crippen LogP contribution in [0.5, 0.6) is 5.75 Å². The van der Waals surface area contributed by atoms with E-state index in [0.717, 1.165) is 5.56 Å².